The van der Waals surface area contributed by atoms with Crippen LogP contribution < -0.4 is 15.4 Å². The molecule has 0 saturated carbocycles. The fourth-order valence-electron chi connectivity index (χ4n) is 2.77. The number of nitrogens with one attached hydrogen (secondary N) is 2. The van der Waals surface area contributed by atoms with Crippen molar-refractivity contribution < 1.29 is 14.3 Å². The summed E-state index contributed by atoms with van der Waals surface area (Å²) in [5.41, 5.74) is 0.617. The van der Waals surface area contributed by atoms with Crippen LogP contribution in [0.2, 0.25) is 0 Å². The number of anilines is 1. The second-order valence-corrected chi connectivity index (χ2v) is 5.70. The van der Waals surface area contributed by atoms with E-state index in [1.807, 2.05) is 19.1 Å². The summed E-state index contributed by atoms with van der Waals surface area (Å²) in [5, 5.41) is 6.02. The van der Waals surface area contributed by atoms with Gasteiger partial charge in [0, 0.05) is 13.1 Å². The summed E-state index contributed by atoms with van der Waals surface area (Å²) in [6.07, 6.45) is 1.67. The van der Waals surface area contributed by atoms with Crippen LogP contribution in [-0.4, -0.2) is 50.0 Å². The lowest BCUT2D eigenvalue weighted by Gasteiger charge is -2.24. The summed E-state index contributed by atoms with van der Waals surface area (Å²) in [6, 6.07) is 7.24. The molecule has 1 aromatic rings. The largest absolute Gasteiger partial charge is 0.495 e. The van der Waals surface area contributed by atoms with E-state index < -0.39 is 0 Å². The third-order valence-electron chi connectivity index (χ3n) is 3.93. The Labute approximate surface area is 137 Å². The van der Waals surface area contributed by atoms with Crippen LogP contribution in [0, 0.1) is 5.92 Å². The van der Waals surface area contributed by atoms with Crippen molar-refractivity contribution in [2.75, 3.05) is 38.6 Å². The third kappa shape index (κ3) is 4.69. The maximum Gasteiger partial charge on any atom is 0.244 e. The van der Waals surface area contributed by atoms with Crippen LogP contribution in [0.5, 0.6) is 5.75 Å². The fourth-order valence-corrected chi connectivity index (χ4v) is 2.77. The number of amides is 2. The second kappa shape index (κ2) is 8.53. The van der Waals surface area contributed by atoms with Gasteiger partial charge < -0.3 is 20.3 Å². The first-order chi connectivity index (χ1) is 11.2. The van der Waals surface area contributed by atoms with Gasteiger partial charge in [-0.15, -0.1) is 0 Å². The fraction of sp³-hybridized carbons (Fsp3) is 0.529. The molecule has 1 aliphatic heterocycles. The van der Waals surface area contributed by atoms with E-state index in [-0.39, 0.29) is 24.3 Å². The van der Waals surface area contributed by atoms with Gasteiger partial charge in [0.25, 0.3) is 0 Å². The van der Waals surface area contributed by atoms with Crippen LogP contribution in [0.15, 0.2) is 24.3 Å². The van der Waals surface area contributed by atoms with Gasteiger partial charge in [-0.05, 0) is 31.5 Å². The summed E-state index contributed by atoms with van der Waals surface area (Å²) < 4.78 is 5.22. The van der Waals surface area contributed by atoms with E-state index in [2.05, 4.69) is 10.6 Å². The standard InChI is InChI=1S/C17H25N3O3/c1-3-10-20(17(22)13-8-9-18-11-13)12-16(21)19-14-6-4-5-7-15(14)23-2/h4-7,13,18H,3,8-12H2,1-2H3,(H,19,21). The minimum Gasteiger partial charge on any atom is -0.495 e. The lowest BCUT2D eigenvalue weighted by molar-refractivity contribution is -0.137. The highest BCUT2D eigenvalue weighted by atomic mass is 16.5. The Morgan fingerprint density at radius 2 is 2.17 bits per heavy atom. The van der Waals surface area contributed by atoms with Crippen molar-refractivity contribution in [1.82, 2.24) is 10.2 Å². The predicted octanol–water partition coefficient (Wildman–Crippen LogP) is 1.48. The molecular formula is C17H25N3O3. The van der Waals surface area contributed by atoms with Gasteiger partial charge in [-0.25, -0.2) is 0 Å². The molecule has 1 heterocycles. The van der Waals surface area contributed by atoms with Crippen molar-refractivity contribution in [3.63, 3.8) is 0 Å². The molecular weight excluding hydrogens is 294 g/mol. The number of carbonyl (C=O) groups is 2. The lowest BCUT2D eigenvalue weighted by atomic mass is 10.1. The molecule has 1 fully saturated rings. The van der Waals surface area contributed by atoms with E-state index in [0.717, 1.165) is 19.4 Å². The summed E-state index contributed by atoms with van der Waals surface area (Å²) in [7, 11) is 1.56. The highest BCUT2D eigenvalue weighted by molar-refractivity contribution is 5.96. The maximum atomic E-state index is 12.5. The quantitative estimate of drug-likeness (QED) is 0.799. The molecule has 6 heteroatoms. The molecule has 1 aliphatic rings. The average Bonchev–Trinajstić information content (AvgIpc) is 3.08. The molecule has 0 radical (unpaired) electrons. The Kier molecular flexibility index (Phi) is 6.40. The van der Waals surface area contributed by atoms with Gasteiger partial charge in [-0.2, -0.15) is 0 Å². The van der Waals surface area contributed by atoms with Gasteiger partial charge in [0.05, 0.1) is 25.3 Å². The Bertz CT molecular complexity index is 542. The second-order valence-electron chi connectivity index (χ2n) is 5.70. The van der Waals surface area contributed by atoms with Crippen LogP contribution >= 0.6 is 0 Å². The van der Waals surface area contributed by atoms with Gasteiger partial charge in [0.15, 0.2) is 0 Å². The third-order valence-corrected chi connectivity index (χ3v) is 3.93. The molecule has 2 amide bonds. The highest BCUT2D eigenvalue weighted by Gasteiger charge is 2.27. The molecule has 0 spiro atoms. The Balaban J connectivity index is 1.98. The molecule has 1 saturated heterocycles. The monoisotopic (exact) mass is 319 g/mol. The van der Waals surface area contributed by atoms with Crippen LogP contribution in [0.1, 0.15) is 19.8 Å². The van der Waals surface area contributed by atoms with Crippen LogP contribution in [0.25, 0.3) is 0 Å². The number of para-hydroxylation sites is 2. The molecule has 0 aromatic heterocycles. The van der Waals surface area contributed by atoms with Crippen molar-refractivity contribution in [2.24, 2.45) is 5.92 Å². The van der Waals surface area contributed by atoms with Crippen LogP contribution in [0.4, 0.5) is 5.69 Å². The van der Waals surface area contributed by atoms with E-state index in [0.29, 0.717) is 24.5 Å². The molecule has 1 aromatic carbocycles. The number of ether oxygens (including phenoxy) is 1. The zero-order valence-corrected chi connectivity index (χ0v) is 13.8. The predicted molar refractivity (Wildman–Crippen MR) is 89.5 cm³/mol. The molecule has 0 aliphatic carbocycles. The molecule has 1 unspecified atom stereocenters. The van der Waals surface area contributed by atoms with E-state index in [9.17, 15) is 9.59 Å². The van der Waals surface area contributed by atoms with Crippen LogP contribution in [-0.2, 0) is 9.59 Å². The molecule has 6 nitrogen and oxygen atoms in total. The van der Waals surface area contributed by atoms with Crippen molar-refractivity contribution in [3.8, 4) is 5.75 Å². The normalized spacial score (nSPS) is 16.9. The van der Waals surface area contributed by atoms with Crippen molar-refractivity contribution in [1.29, 1.82) is 0 Å². The first-order valence-corrected chi connectivity index (χ1v) is 8.08. The summed E-state index contributed by atoms with van der Waals surface area (Å²) >= 11 is 0. The number of carbonyl (C=O) groups excluding carboxylic acids is 2. The number of benzene rings is 1. The maximum absolute atomic E-state index is 12.5. The minimum absolute atomic E-state index is 0.0133. The molecule has 2 N–H and O–H groups in total. The molecule has 126 valence electrons. The van der Waals surface area contributed by atoms with E-state index in [1.54, 1.807) is 24.1 Å². The summed E-state index contributed by atoms with van der Waals surface area (Å²) in [5.74, 6) is 0.448. The van der Waals surface area contributed by atoms with Gasteiger partial charge in [-0.3, -0.25) is 9.59 Å². The van der Waals surface area contributed by atoms with E-state index >= 15 is 0 Å². The van der Waals surface area contributed by atoms with Gasteiger partial charge >= 0.3 is 0 Å². The van der Waals surface area contributed by atoms with E-state index in [1.165, 1.54) is 0 Å². The smallest absolute Gasteiger partial charge is 0.244 e. The highest BCUT2D eigenvalue weighted by Crippen LogP contribution is 2.23. The Hall–Kier alpha value is -2.08. The van der Waals surface area contributed by atoms with Gasteiger partial charge in [-0.1, -0.05) is 19.1 Å². The number of rotatable bonds is 7. The summed E-state index contributed by atoms with van der Waals surface area (Å²) in [6.45, 7) is 4.23. The Morgan fingerprint density at radius 3 is 2.83 bits per heavy atom. The molecule has 2 rings (SSSR count). The number of nitrogens with zero attached hydrogens (tertiary/aromatic N) is 1. The zero-order valence-electron chi connectivity index (χ0n) is 13.8. The molecule has 1 atom stereocenters. The number of methoxy groups -OCH3 is 1. The van der Waals surface area contributed by atoms with Gasteiger partial charge in [0.1, 0.15) is 5.75 Å². The zero-order chi connectivity index (χ0) is 16.7. The topological polar surface area (TPSA) is 70.7 Å². The Morgan fingerprint density at radius 1 is 1.39 bits per heavy atom. The first-order valence-electron chi connectivity index (χ1n) is 8.08. The van der Waals surface area contributed by atoms with Crippen molar-refractivity contribution in [3.05, 3.63) is 24.3 Å². The molecule has 23 heavy (non-hydrogen) atoms. The van der Waals surface area contributed by atoms with Crippen molar-refractivity contribution in [2.45, 2.75) is 19.8 Å². The number of hydrogen-bond donors (Lipinski definition) is 2. The lowest BCUT2D eigenvalue weighted by Crippen LogP contribution is -2.42. The minimum atomic E-state index is -0.206. The van der Waals surface area contributed by atoms with E-state index in [4.69, 9.17) is 4.74 Å². The van der Waals surface area contributed by atoms with Crippen LogP contribution in [0.3, 0.4) is 0 Å². The summed E-state index contributed by atoms with van der Waals surface area (Å²) in [4.78, 5) is 26.5. The average molecular weight is 319 g/mol. The number of hydrogen-bond acceptors (Lipinski definition) is 4. The molecule has 0 bridgehead atoms. The van der Waals surface area contributed by atoms with Crippen molar-refractivity contribution >= 4 is 17.5 Å². The SMILES string of the molecule is CCCN(CC(=O)Nc1ccccc1OC)C(=O)C1CCNC1. The van der Waals surface area contributed by atoms with Gasteiger partial charge in [0.2, 0.25) is 11.8 Å². The first kappa shape index (κ1) is 17.3.